The molecule has 116 valence electrons. The van der Waals surface area contributed by atoms with Gasteiger partial charge in [0.15, 0.2) is 0 Å². The molecule has 0 saturated carbocycles. The van der Waals surface area contributed by atoms with Crippen molar-refractivity contribution < 1.29 is 4.79 Å². The van der Waals surface area contributed by atoms with Crippen LogP contribution in [-0.4, -0.2) is 34.1 Å². The molecule has 1 aliphatic heterocycles. The highest BCUT2D eigenvalue weighted by Gasteiger charge is 2.25. The molecule has 0 aliphatic carbocycles. The summed E-state index contributed by atoms with van der Waals surface area (Å²) in [6.07, 6.45) is 1.83. The average molecular weight is 316 g/mol. The molecule has 2 heterocycles. The lowest BCUT2D eigenvalue weighted by molar-refractivity contribution is -0.126. The van der Waals surface area contributed by atoms with Gasteiger partial charge in [0.25, 0.3) is 0 Å². The fourth-order valence-electron chi connectivity index (χ4n) is 2.74. The number of rotatable bonds is 5. The van der Waals surface area contributed by atoms with Crippen LogP contribution in [0.2, 0.25) is 0 Å². The number of carbonyl (C=O) groups excluding carboxylic acids is 1. The molecule has 0 unspecified atom stereocenters. The number of nitrogens with one attached hydrogen (secondary N) is 1. The largest absolute Gasteiger partial charge is 0.352 e. The molecule has 0 bridgehead atoms. The highest BCUT2D eigenvalue weighted by atomic mass is 32.1. The van der Waals surface area contributed by atoms with Crippen LogP contribution >= 0.6 is 11.3 Å². The van der Waals surface area contributed by atoms with Crippen LogP contribution in [0.25, 0.3) is 0 Å². The molecule has 5 nitrogen and oxygen atoms in total. The van der Waals surface area contributed by atoms with Crippen molar-refractivity contribution in [2.24, 2.45) is 5.92 Å². The van der Waals surface area contributed by atoms with E-state index in [9.17, 15) is 4.79 Å². The Morgan fingerprint density at radius 3 is 2.73 bits per heavy atom. The molecule has 0 atom stereocenters. The maximum atomic E-state index is 12.2. The fraction of sp³-hybridized carbons (Fsp3) is 0.438. The highest BCUT2D eigenvalue weighted by molar-refractivity contribution is 7.09. The number of likely N-dealkylation sites (tertiary alicyclic amines) is 1. The van der Waals surface area contributed by atoms with Gasteiger partial charge in [-0.2, -0.15) is 0 Å². The molecule has 1 aliphatic rings. The molecule has 6 heteroatoms. The molecule has 1 fully saturated rings. The summed E-state index contributed by atoms with van der Waals surface area (Å²) in [5.41, 5.74) is 2.91. The fourth-order valence-corrected chi connectivity index (χ4v) is 3.31. The lowest BCUT2D eigenvalue weighted by Crippen LogP contribution is -2.40. The van der Waals surface area contributed by atoms with Crippen LogP contribution in [0.5, 0.6) is 0 Å². The molecular formula is C16H20N4OS. The van der Waals surface area contributed by atoms with Gasteiger partial charge in [-0.15, -0.1) is 21.5 Å². The molecule has 1 N–H and O–H groups in total. The first-order chi connectivity index (χ1) is 10.8. The molecule has 1 saturated heterocycles. The van der Waals surface area contributed by atoms with Gasteiger partial charge in [-0.1, -0.05) is 30.3 Å². The Labute approximate surface area is 134 Å². The highest BCUT2D eigenvalue weighted by Crippen LogP contribution is 2.19. The van der Waals surface area contributed by atoms with Gasteiger partial charge in [0, 0.05) is 12.5 Å². The van der Waals surface area contributed by atoms with Gasteiger partial charge >= 0.3 is 0 Å². The molecule has 22 heavy (non-hydrogen) atoms. The Morgan fingerprint density at radius 1 is 1.27 bits per heavy atom. The summed E-state index contributed by atoms with van der Waals surface area (Å²) in [6, 6.07) is 10.0. The predicted molar refractivity (Wildman–Crippen MR) is 86.2 cm³/mol. The predicted octanol–water partition coefficient (Wildman–Crippen LogP) is 2.07. The molecule has 0 radical (unpaired) electrons. The van der Waals surface area contributed by atoms with Gasteiger partial charge in [0.1, 0.15) is 10.5 Å². The Bertz CT molecular complexity index is 579. The Balaban J connectivity index is 1.42. The first-order valence-electron chi connectivity index (χ1n) is 7.60. The molecular weight excluding hydrogens is 296 g/mol. The third kappa shape index (κ3) is 4.11. The van der Waals surface area contributed by atoms with Crippen molar-refractivity contribution in [1.82, 2.24) is 20.4 Å². The van der Waals surface area contributed by atoms with E-state index in [0.29, 0.717) is 6.54 Å². The van der Waals surface area contributed by atoms with Gasteiger partial charge < -0.3 is 5.32 Å². The van der Waals surface area contributed by atoms with E-state index in [0.717, 1.165) is 43.0 Å². The first-order valence-corrected chi connectivity index (χ1v) is 8.48. The Hall–Kier alpha value is -1.79. The van der Waals surface area contributed by atoms with Crippen LogP contribution in [0.1, 0.15) is 23.4 Å². The van der Waals surface area contributed by atoms with Crippen molar-refractivity contribution in [3.05, 3.63) is 46.4 Å². The molecule has 0 spiro atoms. The monoisotopic (exact) mass is 316 g/mol. The Morgan fingerprint density at radius 2 is 2.05 bits per heavy atom. The topological polar surface area (TPSA) is 58.1 Å². The lowest BCUT2D eigenvalue weighted by atomic mass is 9.96. The van der Waals surface area contributed by atoms with E-state index in [1.165, 1.54) is 0 Å². The number of aromatic nitrogens is 2. The van der Waals surface area contributed by atoms with Gasteiger partial charge in [0.05, 0.1) is 6.54 Å². The maximum absolute atomic E-state index is 12.2. The van der Waals surface area contributed by atoms with E-state index in [-0.39, 0.29) is 11.8 Å². The number of carbonyl (C=O) groups is 1. The zero-order valence-electron chi connectivity index (χ0n) is 12.4. The molecule has 1 aromatic carbocycles. The van der Waals surface area contributed by atoms with E-state index in [4.69, 9.17) is 0 Å². The minimum atomic E-state index is 0.134. The third-order valence-corrected chi connectivity index (χ3v) is 4.71. The van der Waals surface area contributed by atoms with Crippen molar-refractivity contribution in [2.45, 2.75) is 25.9 Å². The van der Waals surface area contributed by atoms with Crippen LogP contribution in [-0.2, 0) is 17.9 Å². The summed E-state index contributed by atoms with van der Waals surface area (Å²) < 4.78 is 0. The molecule has 1 amide bonds. The van der Waals surface area contributed by atoms with Crippen molar-refractivity contribution in [3.63, 3.8) is 0 Å². The molecule has 3 rings (SSSR count). The molecule has 1 aromatic heterocycles. The van der Waals surface area contributed by atoms with Gasteiger partial charge in [-0.25, -0.2) is 0 Å². The smallest absolute Gasteiger partial charge is 0.223 e. The normalized spacial score (nSPS) is 16.5. The maximum Gasteiger partial charge on any atom is 0.223 e. The third-order valence-electron chi connectivity index (χ3n) is 4.03. The summed E-state index contributed by atoms with van der Waals surface area (Å²) in [4.78, 5) is 14.6. The van der Waals surface area contributed by atoms with Crippen molar-refractivity contribution >= 4 is 17.2 Å². The number of amides is 1. The summed E-state index contributed by atoms with van der Waals surface area (Å²) in [7, 11) is 0. The number of benzene rings is 1. The zero-order chi connectivity index (χ0) is 15.2. The van der Waals surface area contributed by atoms with Gasteiger partial charge in [-0.05, 0) is 31.5 Å². The Kier molecular flexibility index (Phi) is 5.13. The van der Waals surface area contributed by atoms with Crippen molar-refractivity contribution in [2.75, 3.05) is 13.1 Å². The van der Waals surface area contributed by atoms with E-state index in [1.807, 2.05) is 30.3 Å². The number of hydrogen-bond acceptors (Lipinski definition) is 5. The van der Waals surface area contributed by atoms with E-state index < -0.39 is 0 Å². The van der Waals surface area contributed by atoms with Gasteiger partial charge in [-0.3, -0.25) is 9.69 Å². The number of piperidine rings is 1. The zero-order valence-corrected chi connectivity index (χ0v) is 13.3. The summed E-state index contributed by atoms with van der Waals surface area (Å²) in [6.45, 7) is 3.36. The van der Waals surface area contributed by atoms with Crippen LogP contribution in [0.3, 0.4) is 0 Å². The number of nitrogens with zero attached hydrogens (tertiary/aromatic N) is 3. The van der Waals surface area contributed by atoms with Crippen molar-refractivity contribution in [1.29, 1.82) is 0 Å². The second-order valence-electron chi connectivity index (χ2n) is 5.59. The van der Waals surface area contributed by atoms with Gasteiger partial charge in [0.2, 0.25) is 5.91 Å². The minimum Gasteiger partial charge on any atom is -0.352 e. The number of hydrogen-bond donors (Lipinski definition) is 1. The SMILES string of the molecule is O=C(NCc1ccccc1)C1CCN(Cc2nncs2)CC1. The van der Waals surface area contributed by atoms with Crippen LogP contribution in [0.4, 0.5) is 0 Å². The standard InChI is InChI=1S/C16H20N4OS/c21-16(17-10-13-4-2-1-3-5-13)14-6-8-20(9-7-14)11-15-19-18-12-22-15/h1-5,12,14H,6-11H2,(H,17,21). The second-order valence-corrected chi connectivity index (χ2v) is 6.50. The van der Waals surface area contributed by atoms with Crippen LogP contribution in [0, 0.1) is 5.92 Å². The van der Waals surface area contributed by atoms with Crippen molar-refractivity contribution in [3.8, 4) is 0 Å². The first kappa shape index (κ1) is 15.1. The van der Waals surface area contributed by atoms with E-state index >= 15 is 0 Å². The van der Waals surface area contributed by atoms with E-state index in [1.54, 1.807) is 16.8 Å². The van der Waals surface area contributed by atoms with Crippen LogP contribution in [0.15, 0.2) is 35.8 Å². The summed E-state index contributed by atoms with van der Waals surface area (Å²) >= 11 is 1.59. The lowest BCUT2D eigenvalue weighted by Gasteiger charge is -2.30. The summed E-state index contributed by atoms with van der Waals surface area (Å²) in [5, 5.41) is 12.0. The van der Waals surface area contributed by atoms with Crippen LogP contribution < -0.4 is 5.32 Å². The molecule has 2 aromatic rings. The summed E-state index contributed by atoms with van der Waals surface area (Å²) in [5.74, 6) is 0.314. The second kappa shape index (κ2) is 7.47. The minimum absolute atomic E-state index is 0.134. The van der Waals surface area contributed by atoms with E-state index in [2.05, 4.69) is 20.4 Å². The average Bonchev–Trinajstić information content (AvgIpc) is 3.07. The quantitative estimate of drug-likeness (QED) is 0.917.